The maximum absolute atomic E-state index is 12.1. The van der Waals surface area contributed by atoms with Crippen LogP contribution in [0.1, 0.15) is 5.69 Å². The molecule has 0 aliphatic heterocycles. The first kappa shape index (κ1) is 14.9. The number of sulfonamides is 1. The second-order valence-corrected chi connectivity index (χ2v) is 5.91. The Hall–Kier alpha value is -2.46. The van der Waals surface area contributed by atoms with Gasteiger partial charge in [0.1, 0.15) is 5.69 Å². The van der Waals surface area contributed by atoms with Gasteiger partial charge in [0, 0.05) is 24.9 Å². The van der Waals surface area contributed by atoms with Crippen molar-refractivity contribution >= 4 is 21.4 Å². The number of hydrogen-bond donors (Lipinski definition) is 3. The fourth-order valence-corrected chi connectivity index (χ4v) is 3.00. The summed E-state index contributed by atoms with van der Waals surface area (Å²) in [5.74, 6) is 0. The zero-order chi connectivity index (χ0) is 15.5. The number of nitrogens with one attached hydrogen (secondary N) is 2. The highest BCUT2D eigenvalue weighted by Gasteiger charge is 2.27. The van der Waals surface area contributed by atoms with E-state index in [0.29, 0.717) is 6.42 Å². The molecular weight excluding hydrogens is 298 g/mol. The zero-order valence-electron chi connectivity index (χ0n) is 10.8. The lowest BCUT2D eigenvalue weighted by Gasteiger charge is -2.08. The number of imidazole rings is 1. The Morgan fingerprint density at radius 3 is 2.81 bits per heavy atom. The van der Waals surface area contributed by atoms with E-state index in [-0.39, 0.29) is 12.2 Å². The molecule has 112 valence electrons. The Kier molecular flexibility index (Phi) is 4.19. The van der Waals surface area contributed by atoms with Crippen molar-refractivity contribution in [2.24, 2.45) is 0 Å². The average molecular weight is 311 g/mol. The first-order chi connectivity index (χ1) is 9.92. The number of nitro groups is 1. The molecule has 2 aromatic rings. The van der Waals surface area contributed by atoms with Crippen molar-refractivity contribution in [1.29, 1.82) is 0 Å². The summed E-state index contributed by atoms with van der Waals surface area (Å²) < 4.78 is 26.6. The van der Waals surface area contributed by atoms with Crippen LogP contribution >= 0.6 is 0 Å². The summed E-state index contributed by atoms with van der Waals surface area (Å²) in [6.45, 7) is 0.0798. The van der Waals surface area contributed by atoms with E-state index >= 15 is 0 Å². The Labute approximate surface area is 120 Å². The van der Waals surface area contributed by atoms with Crippen molar-refractivity contribution in [3.63, 3.8) is 0 Å². The highest BCUT2D eigenvalue weighted by Crippen LogP contribution is 2.29. The van der Waals surface area contributed by atoms with Crippen LogP contribution in [0.2, 0.25) is 0 Å². The van der Waals surface area contributed by atoms with Gasteiger partial charge in [-0.2, -0.15) is 0 Å². The van der Waals surface area contributed by atoms with E-state index in [1.807, 2.05) is 0 Å². The molecule has 0 saturated carbocycles. The molecule has 1 aromatic heterocycles. The predicted octanol–water partition coefficient (Wildman–Crippen LogP) is 0.421. The number of para-hydroxylation sites is 1. The van der Waals surface area contributed by atoms with Crippen LogP contribution in [0.3, 0.4) is 0 Å². The van der Waals surface area contributed by atoms with E-state index in [1.165, 1.54) is 18.5 Å². The molecule has 0 atom stereocenters. The smallest absolute Gasteiger partial charge is 0.312 e. The van der Waals surface area contributed by atoms with Crippen LogP contribution in [0.5, 0.6) is 0 Å². The minimum atomic E-state index is -4.02. The molecule has 1 heterocycles. The highest BCUT2D eigenvalue weighted by atomic mass is 32.2. The number of aromatic nitrogens is 2. The molecule has 0 radical (unpaired) electrons. The number of nitrogens with zero attached hydrogens (tertiary/aromatic N) is 2. The van der Waals surface area contributed by atoms with E-state index < -0.39 is 25.5 Å². The van der Waals surface area contributed by atoms with Gasteiger partial charge < -0.3 is 10.7 Å². The summed E-state index contributed by atoms with van der Waals surface area (Å²) in [7, 11) is -4.02. The van der Waals surface area contributed by atoms with Gasteiger partial charge in [0.15, 0.2) is 4.90 Å². The van der Waals surface area contributed by atoms with Crippen LogP contribution < -0.4 is 10.5 Å². The molecule has 0 aliphatic rings. The number of nitrogen functional groups attached to an aromatic ring is 1. The van der Waals surface area contributed by atoms with Gasteiger partial charge in [0.2, 0.25) is 10.0 Å². The number of hydrogen-bond acceptors (Lipinski definition) is 6. The van der Waals surface area contributed by atoms with Crippen LogP contribution in [0.4, 0.5) is 11.4 Å². The molecule has 2 rings (SSSR count). The lowest BCUT2D eigenvalue weighted by molar-refractivity contribution is -0.386. The van der Waals surface area contributed by atoms with E-state index in [4.69, 9.17) is 5.73 Å². The van der Waals surface area contributed by atoms with Crippen LogP contribution in [-0.2, 0) is 16.4 Å². The molecule has 0 bridgehead atoms. The lowest BCUT2D eigenvalue weighted by atomic mass is 10.3. The highest BCUT2D eigenvalue weighted by molar-refractivity contribution is 7.89. The standard InChI is InChI=1S/C11H13N5O4S/c12-9-2-1-3-10(11(9)16(17)18)21(19,20)15-5-4-8-6-13-7-14-8/h1-3,6-7,15H,4-5,12H2,(H,13,14). The second-order valence-electron chi connectivity index (χ2n) is 4.18. The maximum Gasteiger partial charge on any atom is 0.312 e. The Morgan fingerprint density at radius 2 is 2.19 bits per heavy atom. The molecule has 0 unspecified atom stereocenters. The molecule has 0 amide bonds. The topological polar surface area (TPSA) is 144 Å². The SMILES string of the molecule is Nc1cccc(S(=O)(=O)NCCc2cnc[nH]2)c1[N+](=O)[O-]. The fourth-order valence-electron chi connectivity index (χ4n) is 1.77. The van der Waals surface area contributed by atoms with E-state index in [0.717, 1.165) is 11.8 Å². The van der Waals surface area contributed by atoms with Crippen LogP contribution in [0, 0.1) is 10.1 Å². The van der Waals surface area contributed by atoms with Gasteiger partial charge in [-0.25, -0.2) is 18.1 Å². The fraction of sp³-hybridized carbons (Fsp3) is 0.182. The first-order valence-electron chi connectivity index (χ1n) is 5.91. The van der Waals surface area contributed by atoms with Crippen molar-refractivity contribution in [3.05, 3.63) is 46.5 Å². The number of rotatable bonds is 6. The minimum Gasteiger partial charge on any atom is -0.393 e. The monoisotopic (exact) mass is 311 g/mol. The molecule has 1 aromatic carbocycles. The van der Waals surface area contributed by atoms with Gasteiger partial charge in [-0.3, -0.25) is 10.1 Å². The van der Waals surface area contributed by atoms with Gasteiger partial charge in [-0.1, -0.05) is 6.07 Å². The number of aromatic amines is 1. The van der Waals surface area contributed by atoms with Crippen molar-refractivity contribution in [2.75, 3.05) is 12.3 Å². The van der Waals surface area contributed by atoms with Crippen LogP contribution in [-0.4, -0.2) is 29.9 Å². The summed E-state index contributed by atoms with van der Waals surface area (Å²) >= 11 is 0. The summed E-state index contributed by atoms with van der Waals surface area (Å²) in [5, 5.41) is 11.0. The second kappa shape index (κ2) is 5.89. The average Bonchev–Trinajstić information content (AvgIpc) is 2.91. The molecule has 4 N–H and O–H groups in total. The summed E-state index contributed by atoms with van der Waals surface area (Å²) in [5.41, 5.74) is 5.41. The van der Waals surface area contributed by atoms with Crippen molar-refractivity contribution in [1.82, 2.24) is 14.7 Å². The quantitative estimate of drug-likeness (QED) is 0.400. The third-order valence-corrected chi connectivity index (χ3v) is 4.24. The van der Waals surface area contributed by atoms with Crippen LogP contribution in [0.15, 0.2) is 35.6 Å². The molecule has 0 spiro atoms. The summed E-state index contributed by atoms with van der Waals surface area (Å²) in [4.78, 5) is 16.3. The zero-order valence-corrected chi connectivity index (χ0v) is 11.6. The Morgan fingerprint density at radius 1 is 1.43 bits per heavy atom. The van der Waals surface area contributed by atoms with Crippen LogP contribution in [0.25, 0.3) is 0 Å². The lowest BCUT2D eigenvalue weighted by Crippen LogP contribution is -2.27. The predicted molar refractivity (Wildman–Crippen MR) is 75.0 cm³/mol. The Bertz CT molecular complexity index is 742. The molecule has 9 nitrogen and oxygen atoms in total. The van der Waals surface area contributed by atoms with Crippen molar-refractivity contribution < 1.29 is 13.3 Å². The summed E-state index contributed by atoms with van der Waals surface area (Å²) in [6, 6.07) is 3.78. The van der Waals surface area contributed by atoms with Gasteiger partial charge in [0.05, 0.1) is 11.3 Å². The van der Waals surface area contributed by atoms with Gasteiger partial charge >= 0.3 is 5.69 Å². The number of H-pyrrole nitrogens is 1. The van der Waals surface area contributed by atoms with Crippen molar-refractivity contribution in [3.8, 4) is 0 Å². The van der Waals surface area contributed by atoms with Gasteiger partial charge in [-0.05, 0) is 12.1 Å². The van der Waals surface area contributed by atoms with E-state index in [1.54, 1.807) is 6.20 Å². The third kappa shape index (κ3) is 3.35. The molecule has 10 heteroatoms. The number of nitro benzene ring substituents is 1. The Balaban J connectivity index is 2.20. The van der Waals surface area contributed by atoms with E-state index in [9.17, 15) is 18.5 Å². The molecular formula is C11H13N5O4S. The van der Waals surface area contributed by atoms with Gasteiger partial charge in [-0.15, -0.1) is 0 Å². The maximum atomic E-state index is 12.1. The number of benzene rings is 1. The molecule has 21 heavy (non-hydrogen) atoms. The first-order valence-corrected chi connectivity index (χ1v) is 7.40. The van der Waals surface area contributed by atoms with E-state index in [2.05, 4.69) is 14.7 Å². The third-order valence-electron chi connectivity index (χ3n) is 2.74. The number of anilines is 1. The largest absolute Gasteiger partial charge is 0.393 e. The number of nitrogens with two attached hydrogens (primary N) is 1. The van der Waals surface area contributed by atoms with Crippen molar-refractivity contribution in [2.45, 2.75) is 11.3 Å². The normalized spacial score (nSPS) is 11.4. The van der Waals surface area contributed by atoms with Gasteiger partial charge in [0.25, 0.3) is 0 Å². The molecule has 0 saturated heterocycles. The molecule has 0 fully saturated rings. The summed E-state index contributed by atoms with van der Waals surface area (Å²) in [6.07, 6.45) is 3.43. The minimum absolute atomic E-state index is 0.0798. The molecule has 0 aliphatic carbocycles.